The molecule has 1 saturated heterocycles. The number of hydrogen-bond donors (Lipinski definition) is 1. The lowest BCUT2D eigenvalue weighted by molar-refractivity contribution is -0.116. The molecular weight excluding hydrogens is 414 g/mol. The Morgan fingerprint density at radius 2 is 1.68 bits per heavy atom. The molecule has 1 aliphatic heterocycles. The van der Waals surface area contributed by atoms with Gasteiger partial charge in [-0.3, -0.25) is 13.9 Å². The van der Waals surface area contributed by atoms with Gasteiger partial charge in [0, 0.05) is 13.1 Å². The Bertz CT molecular complexity index is 1040. The number of carbonyl (C=O) groups is 2. The van der Waals surface area contributed by atoms with Crippen LogP contribution >= 0.6 is 0 Å². The zero-order valence-electron chi connectivity index (χ0n) is 18.2. The first-order valence-electron chi connectivity index (χ1n) is 10.5. The second-order valence-corrected chi connectivity index (χ2v) is 9.65. The van der Waals surface area contributed by atoms with Crippen molar-refractivity contribution in [3.63, 3.8) is 0 Å². The summed E-state index contributed by atoms with van der Waals surface area (Å²) in [5, 5.41) is 2.77. The summed E-state index contributed by atoms with van der Waals surface area (Å²) in [6.07, 6.45) is 3.85. The zero-order valence-corrected chi connectivity index (χ0v) is 19.0. The molecule has 0 aliphatic carbocycles. The Balaban J connectivity index is 1.85. The van der Waals surface area contributed by atoms with Gasteiger partial charge in [0.2, 0.25) is 15.9 Å². The molecule has 1 aliphatic rings. The summed E-state index contributed by atoms with van der Waals surface area (Å²) in [7, 11) is -3.72. The first-order valence-corrected chi connectivity index (χ1v) is 12.3. The van der Waals surface area contributed by atoms with E-state index in [9.17, 15) is 18.0 Å². The lowest BCUT2D eigenvalue weighted by Crippen LogP contribution is -2.45. The largest absolute Gasteiger partial charge is 0.339 e. The third-order valence-electron chi connectivity index (χ3n) is 5.50. The van der Waals surface area contributed by atoms with Crippen LogP contribution < -0.4 is 9.62 Å². The number of aryl methyl sites for hydroxylation is 1. The van der Waals surface area contributed by atoms with Gasteiger partial charge in [-0.1, -0.05) is 31.2 Å². The molecule has 1 atom stereocenters. The maximum atomic E-state index is 13.1. The Kier molecular flexibility index (Phi) is 7.00. The average molecular weight is 444 g/mol. The Morgan fingerprint density at radius 3 is 2.26 bits per heavy atom. The quantitative estimate of drug-likeness (QED) is 0.712. The van der Waals surface area contributed by atoms with Crippen molar-refractivity contribution in [2.24, 2.45) is 0 Å². The van der Waals surface area contributed by atoms with Crippen LogP contribution in [0.1, 0.15) is 42.6 Å². The standard InChI is InChI=1S/C23H29N3O4S/c1-4-18-11-13-19(14-12-18)26(31(3,29)30)17(2)22(27)24-21-10-6-5-9-20(21)23(28)25-15-7-8-16-25/h5-6,9-14,17H,4,7-8,15-16H2,1-3H3,(H,24,27)/t17-/m0/s1. The van der Waals surface area contributed by atoms with Crippen molar-refractivity contribution in [3.05, 3.63) is 59.7 Å². The minimum absolute atomic E-state index is 0.129. The lowest BCUT2D eigenvalue weighted by Gasteiger charge is -2.28. The van der Waals surface area contributed by atoms with Gasteiger partial charge >= 0.3 is 0 Å². The van der Waals surface area contributed by atoms with Crippen molar-refractivity contribution in [3.8, 4) is 0 Å². The van der Waals surface area contributed by atoms with Crippen LogP contribution in [0.15, 0.2) is 48.5 Å². The Labute approximate surface area is 184 Å². The number of para-hydroxylation sites is 1. The van der Waals surface area contributed by atoms with Crippen molar-refractivity contribution in [1.82, 2.24) is 4.90 Å². The molecule has 8 heteroatoms. The van der Waals surface area contributed by atoms with Crippen molar-refractivity contribution >= 4 is 33.2 Å². The molecule has 7 nitrogen and oxygen atoms in total. The Hall–Kier alpha value is -2.87. The summed E-state index contributed by atoms with van der Waals surface area (Å²) < 4.78 is 26.1. The molecule has 1 fully saturated rings. The minimum atomic E-state index is -3.72. The number of nitrogens with zero attached hydrogens (tertiary/aromatic N) is 2. The van der Waals surface area contributed by atoms with E-state index < -0.39 is 22.0 Å². The van der Waals surface area contributed by atoms with E-state index in [2.05, 4.69) is 5.32 Å². The fraction of sp³-hybridized carbons (Fsp3) is 0.391. The van der Waals surface area contributed by atoms with Gasteiger partial charge in [-0.15, -0.1) is 0 Å². The van der Waals surface area contributed by atoms with E-state index in [0.717, 1.165) is 35.4 Å². The van der Waals surface area contributed by atoms with Gasteiger partial charge in [0.15, 0.2) is 0 Å². The zero-order chi connectivity index (χ0) is 22.6. The van der Waals surface area contributed by atoms with E-state index >= 15 is 0 Å². The van der Waals surface area contributed by atoms with Gasteiger partial charge in [0.05, 0.1) is 23.2 Å². The van der Waals surface area contributed by atoms with Gasteiger partial charge in [0.25, 0.3) is 5.91 Å². The number of amides is 2. The number of nitrogens with one attached hydrogen (secondary N) is 1. The highest BCUT2D eigenvalue weighted by molar-refractivity contribution is 7.92. The number of anilines is 2. The van der Waals surface area contributed by atoms with Gasteiger partial charge in [0.1, 0.15) is 6.04 Å². The number of hydrogen-bond acceptors (Lipinski definition) is 4. The van der Waals surface area contributed by atoms with Crippen LogP contribution in [0.4, 0.5) is 11.4 Å². The molecule has 1 heterocycles. The van der Waals surface area contributed by atoms with Crippen LogP contribution in [0, 0.1) is 0 Å². The van der Waals surface area contributed by atoms with Crippen LogP contribution in [0.25, 0.3) is 0 Å². The summed E-state index contributed by atoms with van der Waals surface area (Å²) in [6, 6.07) is 12.9. The second kappa shape index (κ2) is 9.51. The molecule has 2 amide bonds. The van der Waals surface area contributed by atoms with Crippen LogP contribution in [0.2, 0.25) is 0 Å². The van der Waals surface area contributed by atoms with E-state index in [0.29, 0.717) is 30.0 Å². The van der Waals surface area contributed by atoms with E-state index in [1.54, 1.807) is 41.3 Å². The van der Waals surface area contributed by atoms with Crippen LogP contribution in [-0.4, -0.2) is 50.5 Å². The number of likely N-dealkylation sites (tertiary alicyclic amines) is 1. The second-order valence-electron chi connectivity index (χ2n) is 7.79. The molecular formula is C23H29N3O4S. The van der Waals surface area contributed by atoms with Crippen molar-refractivity contribution in [2.75, 3.05) is 29.0 Å². The first kappa shape index (κ1) is 22.8. The van der Waals surface area contributed by atoms with Crippen LogP contribution in [0.5, 0.6) is 0 Å². The molecule has 31 heavy (non-hydrogen) atoms. The monoisotopic (exact) mass is 443 g/mol. The minimum Gasteiger partial charge on any atom is -0.339 e. The van der Waals surface area contributed by atoms with E-state index in [1.165, 1.54) is 6.92 Å². The fourth-order valence-electron chi connectivity index (χ4n) is 3.79. The third kappa shape index (κ3) is 5.25. The third-order valence-corrected chi connectivity index (χ3v) is 6.74. The maximum Gasteiger partial charge on any atom is 0.255 e. The lowest BCUT2D eigenvalue weighted by atomic mass is 10.1. The number of carbonyl (C=O) groups excluding carboxylic acids is 2. The highest BCUT2D eigenvalue weighted by Gasteiger charge is 2.30. The summed E-state index contributed by atoms with van der Waals surface area (Å²) in [5.41, 5.74) is 2.28. The average Bonchev–Trinajstić information content (AvgIpc) is 3.28. The molecule has 0 spiro atoms. The van der Waals surface area contributed by atoms with Gasteiger partial charge in [-0.25, -0.2) is 8.42 Å². The summed E-state index contributed by atoms with van der Waals surface area (Å²) in [5.74, 6) is -0.636. The molecule has 0 unspecified atom stereocenters. The molecule has 0 bridgehead atoms. The topological polar surface area (TPSA) is 86.8 Å². The summed E-state index contributed by atoms with van der Waals surface area (Å²) in [4.78, 5) is 27.7. The molecule has 2 aromatic rings. The first-order chi connectivity index (χ1) is 14.7. The highest BCUT2D eigenvalue weighted by Crippen LogP contribution is 2.24. The smallest absolute Gasteiger partial charge is 0.255 e. The number of sulfonamides is 1. The number of benzene rings is 2. The highest BCUT2D eigenvalue weighted by atomic mass is 32.2. The summed E-state index contributed by atoms with van der Waals surface area (Å²) >= 11 is 0. The molecule has 2 aromatic carbocycles. The molecule has 0 radical (unpaired) electrons. The van der Waals surface area contributed by atoms with Crippen LogP contribution in [-0.2, 0) is 21.2 Å². The maximum absolute atomic E-state index is 13.1. The van der Waals surface area contributed by atoms with E-state index in [1.807, 2.05) is 19.1 Å². The van der Waals surface area contributed by atoms with Crippen molar-refractivity contribution in [2.45, 2.75) is 39.2 Å². The SMILES string of the molecule is CCc1ccc(N([C@@H](C)C(=O)Nc2ccccc2C(=O)N2CCCC2)S(C)(=O)=O)cc1. The Morgan fingerprint density at radius 1 is 1.06 bits per heavy atom. The predicted octanol–water partition coefficient (Wildman–Crippen LogP) is 3.28. The molecule has 166 valence electrons. The number of rotatable bonds is 7. The fourth-order valence-corrected chi connectivity index (χ4v) is 4.97. The molecule has 1 N–H and O–H groups in total. The van der Waals surface area contributed by atoms with Gasteiger partial charge in [-0.2, -0.15) is 0 Å². The predicted molar refractivity (Wildman–Crippen MR) is 123 cm³/mol. The molecule has 0 aromatic heterocycles. The molecule has 3 rings (SSSR count). The van der Waals surface area contributed by atoms with E-state index in [-0.39, 0.29) is 5.91 Å². The van der Waals surface area contributed by atoms with E-state index in [4.69, 9.17) is 0 Å². The van der Waals surface area contributed by atoms with Gasteiger partial charge < -0.3 is 10.2 Å². The molecule has 0 saturated carbocycles. The van der Waals surface area contributed by atoms with Crippen molar-refractivity contribution in [1.29, 1.82) is 0 Å². The van der Waals surface area contributed by atoms with Crippen molar-refractivity contribution < 1.29 is 18.0 Å². The van der Waals surface area contributed by atoms with Gasteiger partial charge in [-0.05, 0) is 56.0 Å². The normalized spacial score (nSPS) is 14.9. The van der Waals surface area contributed by atoms with Crippen LogP contribution in [0.3, 0.4) is 0 Å². The summed E-state index contributed by atoms with van der Waals surface area (Å²) in [6.45, 7) is 4.95.